The summed E-state index contributed by atoms with van der Waals surface area (Å²) in [5, 5.41) is 2.23. The molecule has 0 aliphatic carbocycles. The normalized spacial score (nSPS) is 15.5. The second kappa shape index (κ2) is 8.93. The van der Waals surface area contributed by atoms with Crippen LogP contribution in [0.5, 0.6) is 11.5 Å². The summed E-state index contributed by atoms with van der Waals surface area (Å²) in [5.41, 5.74) is 2.72. The second-order valence-electron chi connectivity index (χ2n) is 7.43. The Kier molecular flexibility index (Phi) is 6.50. The Morgan fingerprint density at radius 1 is 1.06 bits per heavy atom. The highest BCUT2D eigenvalue weighted by Gasteiger charge is 2.37. The van der Waals surface area contributed by atoms with E-state index in [0.717, 1.165) is 16.0 Å². The third kappa shape index (κ3) is 4.64. The molecule has 0 aromatic heterocycles. The molecule has 0 saturated carbocycles. The van der Waals surface area contributed by atoms with Gasteiger partial charge in [0.25, 0.3) is 11.8 Å². The Morgan fingerprint density at radius 2 is 1.77 bits per heavy atom. The summed E-state index contributed by atoms with van der Waals surface area (Å²) in [7, 11) is 1.50. The molecule has 2 aromatic rings. The van der Waals surface area contributed by atoms with Crippen molar-refractivity contribution in [3.63, 3.8) is 0 Å². The lowest BCUT2D eigenvalue weighted by Gasteiger charge is -2.27. The number of anilines is 1. The van der Waals surface area contributed by atoms with E-state index in [1.165, 1.54) is 13.2 Å². The van der Waals surface area contributed by atoms with Gasteiger partial charge in [-0.05, 0) is 90.7 Å². The number of benzene rings is 2. The Hall–Kier alpha value is -3.13. The zero-order valence-corrected chi connectivity index (χ0v) is 19.5. The summed E-state index contributed by atoms with van der Waals surface area (Å²) in [5.74, 6) is -0.492. The molecule has 0 spiro atoms. The van der Waals surface area contributed by atoms with E-state index in [0.29, 0.717) is 27.2 Å². The predicted molar refractivity (Wildman–Crippen MR) is 121 cm³/mol. The summed E-state index contributed by atoms with van der Waals surface area (Å²) in [4.78, 5) is 38.9. The first kappa shape index (κ1) is 22.6. The van der Waals surface area contributed by atoms with Crippen molar-refractivity contribution in [2.24, 2.45) is 0 Å². The Bertz CT molecular complexity index is 1110. The Labute approximate surface area is 189 Å². The maximum Gasteiger partial charge on any atom is 0.335 e. The fraction of sp³-hybridized carbons (Fsp3) is 0.261. The lowest BCUT2D eigenvalue weighted by atomic mass is 10.0. The molecule has 1 aliphatic heterocycles. The van der Waals surface area contributed by atoms with Gasteiger partial charge in [0.15, 0.2) is 11.5 Å². The van der Waals surface area contributed by atoms with Crippen LogP contribution >= 0.6 is 15.9 Å². The number of carbonyl (C=O) groups is 3. The lowest BCUT2D eigenvalue weighted by Crippen LogP contribution is -2.54. The lowest BCUT2D eigenvalue weighted by molar-refractivity contribution is -0.122. The smallest absolute Gasteiger partial charge is 0.335 e. The monoisotopic (exact) mass is 486 g/mol. The first-order chi connectivity index (χ1) is 14.6. The van der Waals surface area contributed by atoms with Crippen molar-refractivity contribution in [1.82, 2.24) is 5.32 Å². The van der Waals surface area contributed by atoms with Gasteiger partial charge in [-0.1, -0.05) is 6.07 Å². The minimum Gasteiger partial charge on any atom is -0.493 e. The van der Waals surface area contributed by atoms with E-state index in [1.807, 2.05) is 33.8 Å². The molecule has 7 nitrogen and oxygen atoms in total. The molecule has 1 aliphatic rings. The number of carbonyl (C=O) groups excluding carboxylic acids is 3. The fourth-order valence-electron chi connectivity index (χ4n) is 3.10. The van der Waals surface area contributed by atoms with Gasteiger partial charge in [-0.15, -0.1) is 0 Å². The number of ether oxygens (including phenoxy) is 2. The maximum absolute atomic E-state index is 13.1. The van der Waals surface area contributed by atoms with Gasteiger partial charge in [0.2, 0.25) is 0 Å². The summed E-state index contributed by atoms with van der Waals surface area (Å²) < 4.78 is 11.8. The average molecular weight is 487 g/mol. The molecule has 0 radical (unpaired) electrons. The number of rotatable bonds is 5. The molecule has 1 heterocycles. The van der Waals surface area contributed by atoms with E-state index in [4.69, 9.17) is 9.47 Å². The van der Waals surface area contributed by atoms with Crippen LogP contribution in [-0.2, 0) is 9.59 Å². The molecule has 2 aromatic carbocycles. The van der Waals surface area contributed by atoms with E-state index in [1.54, 1.807) is 24.3 Å². The number of methoxy groups -OCH3 is 1. The molecule has 3 rings (SSSR count). The van der Waals surface area contributed by atoms with Crippen LogP contribution < -0.4 is 19.7 Å². The van der Waals surface area contributed by atoms with E-state index >= 15 is 0 Å². The van der Waals surface area contributed by atoms with Crippen molar-refractivity contribution in [2.75, 3.05) is 12.0 Å². The van der Waals surface area contributed by atoms with Crippen molar-refractivity contribution < 1.29 is 23.9 Å². The maximum atomic E-state index is 13.1. The zero-order chi connectivity index (χ0) is 22.9. The van der Waals surface area contributed by atoms with Crippen molar-refractivity contribution in [2.45, 2.75) is 33.8 Å². The van der Waals surface area contributed by atoms with Crippen molar-refractivity contribution >= 4 is 45.5 Å². The number of aryl methyl sites for hydroxylation is 2. The van der Waals surface area contributed by atoms with Gasteiger partial charge in [0.05, 0.1) is 23.4 Å². The van der Waals surface area contributed by atoms with Gasteiger partial charge in [-0.25, -0.2) is 9.69 Å². The summed E-state index contributed by atoms with van der Waals surface area (Å²) in [6.45, 7) is 7.61. The van der Waals surface area contributed by atoms with Crippen molar-refractivity contribution in [1.29, 1.82) is 0 Å². The van der Waals surface area contributed by atoms with E-state index in [-0.39, 0.29) is 11.7 Å². The molecule has 1 fully saturated rings. The van der Waals surface area contributed by atoms with Crippen LogP contribution in [0.2, 0.25) is 0 Å². The molecule has 1 saturated heterocycles. The van der Waals surface area contributed by atoms with E-state index < -0.39 is 17.8 Å². The third-order valence-electron chi connectivity index (χ3n) is 4.77. The number of hydrogen-bond donors (Lipinski definition) is 1. The molecular formula is C23H23BrN2O5. The molecule has 0 unspecified atom stereocenters. The number of amides is 4. The second-order valence-corrected chi connectivity index (χ2v) is 8.28. The van der Waals surface area contributed by atoms with Crippen molar-refractivity contribution in [3.05, 3.63) is 57.1 Å². The molecule has 162 valence electrons. The van der Waals surface area contributed by atoms with Crippen LogP contribution in [0.15, 0.2) is 40.4 Å². The van der Waals surface area contributed by atoms with Gasteiger partial charge in [0.1, 0.15) is 5.57 Å². The van der Waals surface area contributed by atoms with Gasteiger partial charge in [0, 0.05) is 0 Å². The summed E-state index contributed by atoms with van der Waals surface area (Å²) >= 11 is 3.45. The number of nitrogens with zero attached hydrogens (tertiary/aromatic N) is 1. The molecule has 4 amide bonds. The molecular weight excluding hydrogens is 464 g/mol. The van der Waals surface area contributed by atoms with Gasteiger partial charge >= 0.3 is 6.03 Å². The summed E-state index contributed by atoms with van der Waals surface area (Å²) in [6.07, 6.45) is 1.35. The standard InChI is InChI=1S/C23H23BrN2O5/c1-12(2)31-20-18(24)10-15(11-19(20)30-5)9-17-21(27)25-23(29)26(22(17)28)16-7-6-13(3)14(4)8-16/h6-12H,1-5H3,(H,25,27,29)/b17-9+. The first-order valence-electron chi connectivity index (χ1n) is 9.65. The highest BCUT2D eigenvalue weighted by atomic mass is 79.9. The highest BCUT2D eigenvalue weighted by Crippen LogP contribution is 2.38. The quantitative estimate of drug-likeness (QED) is 0.495. The molecule has 0 atom stereocenters. The fourth-order valence-corrected chi connectivity index (χ4v) is 3.65. The SMILES string of the molecule is COc1cc(/C=C2\C(=O)NC(=O)N(c3ccc(C)c(C)c3)C2=O)cc(Br)c1OC(C)C. The molecule has 1 N–H and O–H groups in total. The largest absolute Gasteiger partial charge is 0.493 e. The third-order valence-corrected chi connectivity index (χ3v) is 5.36. The van der Waals surface area contributed by atoms with E-state index in [9.17, 15) is 14.4 Å². The zero-order valence-electron chi connectivity index (χ0n) is 17.9. The van der Waals surface area contributed by atoms with Crippen LogP contribution in [0.25, 0.3) is 6.08 Å². The topological polar surface area (TPSA) is 84.9 Å². The van der Waals surface area contributed by atoms with Crippen LogP contribution in [0, 0.1) is 13.8 Å². The Morgan fingerprint density at radius 3 is 2.39 bits per heavy atom. The van der Waals surface area contributed by atoms with Gasteiger partial charge in [-0.2, -0.15) is 0 Å². The van der Waals surface area contributed by atoms with Gasteiger partial charge in [-0.3, -0.25) is 14.9 Å². The molecule has 31 heavy (non-hydrogen) atoms. The number of nitrogens with one attached hydrogen (secondary N) is 1. The molecule has 0 bridgehead atoms. The number of imide groups is 2. The van der Waals surface area contributed by atoms with E-state index in [2.05, 4.69) is 21.2 Å². The predicted octanol–water partition coefficient (Wildman–Crippen LogP) is 4.53. The number of hydrogen-bond acceptors (Lipinski definition) is 5. The van der Waals surface area contributed by atoms with Crippen LogP contribution in [-0.4, -0.2) is 31.1 Å². The minimum atomic E-state index is -0.783. The minimum absolute atomic E-state index is 0.0716. The first-order valence-corrected chi connectivity index (χ1v) is 10.4. The number of halogens is 1. The number of urea groups is 1. The van der Waals surface area contributed by atoms with Gasteiger partial charge < -0.3 is 9.47 Å². The Balaban J connectivity index is 2.03. The molecule has 8 heteroatoms. The van der Waals surface area contributed by atoms with Crippen LogP contribution in [0.4, 0.5) is 10.5 Å². The summed E-state index contributed by atoms with van der Waals surface area (Å²) in [6, 6.07) is 7.82. The number of barbiturate groups is 1. The van der Waals surface area contributed by atoms with Crippen molar-refractivity contribution in [3.8, 4) is 11.5 Å². The highest BCUT2D eigenvalue weighted by molar-refractivity contribution is 9.10. The average Bonchev–Trinajstić information content (AvgIpc) is 2.69. The van der Waals surface area contributed by atoms with Crippen LogP contribution in [0.1, 0.15) is 30.5 Å². The van der Waals surface area contributed by atoms with Crippen LogP contribution in [0.3, 0.4) is 0 Å².